The predicted molar refractivity (Wildman–Crippen MR) is 90.9 cm³/mol. The lowest BCUT2D eigenvalue weighted by Gasteiger charge is -2.25. The Morgan fingerprint density at radius 3 is 2.46 bits per heavy atom. The van der Waals surface area contributed by atoms with E-state index in [9.17, 15) is 18.0 Å². The van der Waals surface area contributed by atoms with E-state index in [1.54, 1.807) is 45.0 Å². The van der Waals surface area contributed by atoms with Gasteiger partial charge in [-0.1, -0.05) is 19.1 Å². The Morgan fingerprint density at radius 1 is 1.25 bits per heavy atom. The second-order valence-corrected chi connectivity index (χ2v) is 7.49. The number of methoxy groups -OCH3 is 1. The Hall–Kier alpha value is -1.93. The van der Waals surface area contributed by atoms with Crippen molar-refractivity contribution in [2.24, 2.45) is 0 Å². The Bertz CT molecular complexity index is 685. The molecule has 0 bridgehead atoms. The number of hydrogen-bond donors (Lipinski definition) is 1. The zero-order chi connectivity index (χ0) is 18.3. The third-order valence-corrected chi connectivity index (χ3v) is 5.28. The second-order valence-electron chi connectivity index (χ2n) is 5.57. The Labute approximate surface area is 143 Å². The first-order chi connectivity index (χ1) is 11.2. The molecule has 0 saturated heterocycles. The summed E-state index contributed by atoms with van der Waals surface area (Å²) >= 11 is 0. The largest absolute Gasteiger partial charge is 0.497 e. The van der Waals surface area contributed by atoms with Crippen LogP contribution in [0.1, 0.15) is 32.8 Å². The number of amides is 2. The molecule has 0 unspecified atom stereocenters. The highest BCUT2D eigenvalue weighted by Crippen LogP contribution is 2.18. The normalized spacial score (nSPS) is 11.6. The zero-order valence-electron chi connectivity index (χ0n) is 14.4. The third kappa shape index (κ3) is 5.93. The first-order valence-electron chi connectivity index (χ1n) is 7.64. The lowest BCUT2D eigenvalue weighted by molar-refractivity contribution is -0.130. The van der Waals surface area contributed by atoms with Gasteiger partial charge in [0.25, 0.3) is 0 Å². The number of sulfonamides is 1. The van der Waals surface area contributed by atoms with Crippen LogP contribution in [-0.4, -0.2) is 44.2 Å². The van der Waals surface area contributed by atoms with E-state index in [2.05, 4.69) is 5.32 Å². The molecular formula is C16H24N2O5S. The summed E-state index contributed by atoms with van der Waals surface area (Å²) in [5.41, 5.74) is 0.560. The van der Waals surface area contributed by atoms with Gasteiger partial charge in [0.15, 0.2) is 0 Å². The fourth-order valence-corrected chi connectivity index (χ4v) is 3.81. The molecule has 0 atom stereocenters. The third-order valence-electron chi connectivity index (χ3n) is 3.32. The van der Waals surface area contributed by atoms with E-state index in [-0.39, 0.29) is 12.2 Å². The molecule has 1 aromatic rings. The van der Waals surface area contributed by atoms with Crippen molar-refractivity contribution in [1.29, 1.82) is 0 Å². The van der Waals surface area contributed by atoms with Crippen molar-refractivity contribution in [2.45, 2.75) is 39.0 Å². The number of imide groups is 1. The van der Waals surface area contributed by atoms with Gasteiger partial charge >= 0.3 is 0 Å². The smallest absolute Gasteiger partial charge is 0.241 e. The number of benzene rings is 1. The number of ether oxygens (including phenoxy) is 1. The van der Waals surface area contributed by atoms with Gasteiger partial charge in [0, 0.05) is 12.5 Å². The van der Waals surface area contributed by atoms with E-state index in [1.807, 2.05) is 0 Å². The van der Waals surface area contributed by atoms with E-state index >= 15 is 0 Å². The van der Waals surface area contributed by atoms with Crippen molar-refractivity contribution >= 4 is 21.8 Å². The van der Waals surface area contributed by atoms with Crippen LogP contribution in [0.3, 0.4) is 0 Å². The molecule has 0 radical (unpaired) electrons. The van der Waals surface area contributed by atoms with Crippen LogP contribution in [-0.2, 0) is 25.4 Å². The standard InChI is InChI=1S/C16H24N2O5S/c1-5-15(19)17-16(20)10-18(12(2)3)24(21,22)11-13-7-6-8-14(9-13)23-4/h6-9,12H,5,10-11H2,1-4H3,(H,17,19,20). The lowest BCUT2D eigenvalue weighted by Crippen LogP contribution is -2.45. The summed E-state index contributed by atoms with van der Waals surface area (Å²) in [6, 6.07) is 6.33. The molecule has 0 heterocycles. The monoisotopic (exact) mass is 356 g/mol. The Morgan fingerprint density at radius 2 is 1.92 bits per heavy atom. The van der Waals surface area contributed by atoms with Gasteiger partial charge in [-0.2, -0.15) is 4.31 Å². The number of rotatable bonds is 8. The minimum Gasteiger partial charge on any atom is -0.497 e. The van der Waals surface area contributed by atoms with Gasteiger partial charge in [-0.15, -0.1) is 0 Å². The molecule has 2 amide bonds. The van der Waals surface area contributed by atoms with E-state index in [0.29, 0.717) is 11.3 Å². The first-order valence-corrected chi connectivity index (χ1v) is 9.25. The quantitative estimate of drug-likeness (QED) is 0.758. The Balaban J connectivity index is 2.92. The van der Waals surface area contributed by atoms with E-state index in [0.717, 1.165) is 4.31 Å². The first kappa shape index (κ1) is 20.1. The molecule has 0 aliphatic rings. The molecule has 0 aliphatic carbocycles. The van der Waals surface area contributed by atoms with Crippen molar-refractivity contribution in [3.63, 3.8) is 0 Å². The van der Waals surface area contributed by atoms with Crippen molar-refractivity contribution in [3.8, 4) is 5.75 Å². The topological polar surface area (TPSA) is 92.8 Å². The predicted octanol–water partition coefficient (Wildman–Crippen LogP) is 1.29. The molecule has 0 spiro atoms. The van der Waals surface area contributed by atoms with Gasteiger partial charge in [-0.05, 0) is 31.5 Å². The SMILES string of the molecule is CCC(=O)NC(=O)CN(C(C)C)S(=O)(=O)Cc1cccc(OC)c1. The van der Waals surface area contributed by atoms with Crippen LogP contribution in [0.25, 0.3) is 0 Å². The van der Waals surface area contributed by atoms with Crippen LogP contribution in [0.15, 0.2) is 24.3 Å². The summed E-state index contributed by atoms with van der Waals surface area (Å²) in [5.74, 6) is -0.763. The number of nitrogens with zero attached hydrogens (tertiary/aromatic N) is 1. The maximum Gasteiger partial charge on any atom is 0.241 e. The molecule has 8 heteroatoms. The number of hydrogen-bond acceptors (Lipinski definition) is 5. The molecule has 1 rings (SSSR count). The summed E-state index contributed by atoms with van der Waals surface area (Å²) in [5, 5.41) is 2.17. The molecule has 1 aromatic carbocycles. The van der Waals surface area contributed by atoms with E-state index < -0.39 is 34.4 Å². The van der Waals surface area contributed by atoms with Gasteiger partial charge in [-0.25, -0.2) is 8.42 Å². The van der Waals surface area contributed by atoms with Crippen LogP contribution in [0, 0.1) is 0 Å². The van der Waals surface area contributed by atoms with Crippen molar-refractivity contribution in [1.82, 2.24) is 9.62 Å². The molecule has 0 aliphatic heterocycles. The summed E-state index contributed by atoms with van der Waals surface area (Å²) in [7, 11) is -2.23. The maximum atomic E-state index is 12.7. The highest BCUT2D eigenvalue weighted by Gasteiger charge is 2.28. The molecular weight excluding hydrogens is 332 g/mol. The molecule has 1 N–H and O–H groups in total. The van der Waals surface area contributed by atoms with Gasteiger partial charge in [0.2, 0.25) is 21.8 Å². The van der Waals surface area contributed by atoms with Crippen LogP contribution >= 0.6 is 0 Å². The lowest BCUT2D eigenvalue weighted by atomic mass is 10.2. The number of carbonyl (C=O) groups is 2. The van der Waals surface area contributed by atoms with Crippen molar-refractivity contribution in [3.05, 3.63) is 29.8 Å². The molecule has 24 heavy (non-hydrogen) atoms. The highest BCUT2D eigenvalue weighted by atomic mass is 32.2. The van der Waals surface area contributed by atoms with Crippen LogP contribution in [0.4, 0.5) is 0 Å². The van der Waals surface area contributed by atoms with E-state index in [4.69, 9.17) is 4.74 Å². The van der Waals surface area contributed by atoms with Gasteiger partial charge in [0.1, 0.15) is 5.75 Å². The number of carbonyl (C=O) groups excluding carboxylic acids is 2. The molecule has 0 fully saturated rings. The minimum absolute atomic E-state index is 0.157. The summed E-state index contributed by atoms with van der Waals surface area (Å²) < 4.78 is 31.5. The molecule has 134 valence electrons. The molecule has 7 nitrogen and oxygen atoms in total. The Kier molecular flexibility index (Phi) is 7.37. The summed E-state index contributed by atoms with van der Waals surface area (Å²) in [4.78, 5) is 23.1. The fourth-order valence-electron chi connectivity index (χ4n) is 2.08. The molecule has 0 saturated carbocycles. The van der Waals surface area contributed by atoms with Crippen molar-refractivity contribution < 1.29 is 22.7 Å². The average molecular weight is 356 g/mol. The summed E-state index contributed by atoms with van der Waals surface area (Å²) in [6.45, 7) is 4.58. The second kappa shape index (κ2) is 8.79. The maximum absolute atomic E-state index is 12.7. The van der Waals surface area contributed by atoms with Gasteiger partial charge in [0.05, 0.1) is 19.4 Å². The minimum atomic E-state index is -3.73. The van der Waals surface area contributed by atoms with Crippen LogP contribution < -0.4 is 10.1 Å². The number of nitrogens with one attached hydrogen (secondary N) is 1. The zero-order valence-corrected chi connectivity index (χ0v) is 15.2. The van der Waals surface area contributed by atoms with Crippen LogP contribution in [0.2, 0.25) is 0 Å². The highest BCUT2D eigenvalue weighted by molar-refractivity contribution is 7.88. The van der Waals surface area contributed by atoms with Crippen molar-refractivity contribution in [2.75, 3.05) is 13.7 Å². The average Bonchev–Trinajstić information content (AvgIpc) is 2.51. The summed E-state index contributed by atoms with van der Waals surface area (Å²) in [6.07, 6.45) is 0.157. The van der Waals surface area contributed by atoms with Gasteiger partial charge in [-0.3, -0.25) is 14.9 Å². The van der Waals surface area contributed by atoms with Gasteiger partial charge < -0.3 is 4.74 Å². The molecule has 0 aromatic heterocycles. The van der Waals surface area contributed by atoms with E-state index in [1.165, 1.54) is 7.11 Å². The van der Waals surface area contributed by atoms with Crippen LogP contribution in [0.5, 0.6) is 5.75 Å². The fraction of sp³-hybridized carbons (Fsp3) is 0.500.